The largest absolute Gasteiger partial charge is 2.00 e. The van der Waals surface area contributed by atoms with Crippen LogP contribution in [-0.4, -0.2) is 36.3 Å². The second kappa shape index (κ2) is 12.4. The van der Waals surface area contributed by atoms with Crippen molar-refractivity contribution in [2.24, 2.45) is 0 Å². The first kappa shape index (κ1) is 15.9. The second-order valence-electron chi connectivity index (χ2n) is 2.08. The number of ether oxygens (including phenoxy) is 1. The van der Waals surface area contributed by atoms with E-state index in [1.807, 2.05) is 44.2 Å². The molecule has 0 fully saturated rings. The van der Waals surface area contributed by atoms with E-state index in [2.05, 4.69) is 15.9 Å². The van der Waals surface area contributed by atoms with E-state index in [0.717, 1.165) is 17.7 Å². The van der Waals surface area contributed by atoms with Crippen LogP contribution in [0.15, 0.2) is 34.8 Å². The molecule has 0 bridgehead atoms. The first-order valence-corrected chi connectivity index (χ1v) is 4.88. The molecular formula is C10H17BrMgO. The molecule has 0 amide bonds. The van der Waals surface area contributed by atoms with Crippen LogP contribution in [0.25, 0.3) is 0 Å². The summed E-state index contributed by atoms with van der Waals surface area (Å²) in [5.74, 6) is 0. The SMILES string of the molecule is Brc1ccccc1.CCOCC.[H-].[H-].[Mg+2]. The smallest absolute Gasteiger partial charge is 1.00 e. The van der Waals surface area contributed by atoms with Crippen molar-refractivity contribution in [1.82, 2.24) is 0 Å². The maximum atomic E-state index is 4.83. The van der Waals surface area contributed by atoms with Crippen LogP contribution in [0.1, 0.15) is 16.7 Å². The first-order valence-electron chi connectivity index (χ1n) is 4.09. The minimum atomic E-state index is 0. The summed E-state index contributed by atoms with van der Waals surface area (Å²) < 4.78 is 5.97. The van der Waals surface area contributed by atoms with Crippen LogP contribution in [0.4, 0.5) is 0 Å². The van der Waals surface area contributed by atoms with Crippen LogP contribution in [-0.2, 0) is 4.74 Å². The summed E-state index contributed by atoms with van der Waals surface area (Å²) in [7, 11) is 0. The molecule has 0 heterocycles. The van der Waals surface area contributed by atoms with E-state index in [4.69, 9.17) is 4.74 Å². The van der Waals surface area contributed by atoms with Gasteiger partial charge in [0.25, 0.3) is 0 Å². The molecule has 72 valence electrons. The molecule has 0 saturated heterocycles. The maximum absolute atomic E-state index is 4.83. The molecule has 3 heteroatoms. The van der Waals surface area contributed by atoms with E-state index in [1.54, 1.807) is 0 Å². The van der Waals surface area contributed by atoms with Crippen LogP contribution in [0.2, 0.25) is 0 Å². The van der Waals surface area contributed by atoms with E-state index in [1.165, 1.54) is 0 Å². The van der Waals surface area contributed by atoms with Gasteiger partial charge >= 0.3 is 23.1 Å². The van der Waals surface area contributed by atoms with E-state index in [0.29, 0.717) is 0 Å². The van der Waals surface area contributed by atoms with Gasteiger partial charge in [0.05, 0.1) is 0 Å². The molecule has 0 spiro atoms. The van der Waals surface area contributed by atoms with E-state index < -0.39 is 0 Å². The van der Waals surface area contributed by atoms with Gasteiger partial charge in [0.15, 0.2) is 0 Å². The van der Waals surface area contributed by atoms with Gasteiger partial charge in [-0.05, 0) is 26.0 Å². The molecule has 0 radical (unpaired) electrons. The molecule has 0 saturated carbocycles. The Morgan fingerprint density at radius 1 is 1.15 bits per heavy atom. The van der Waals surface area contributed by atoms with Gasteiger partial charge in [-0.15, -0.1) is 0 Å². The van der Waals surface area contributed by atoms with Gasteiger partial charge in [0.1, 0.15) is 0 Å². The Balaban J connectivity index is -0.0000000701. The summed E-state index contributed by atoms with van der Waals surface area (Å²) in [4.78, 5) is 0. The zero-order valence-corrected chi connectivity index (χ0v) is 11.3. The summed E-state index contributed by atoms with van der Waals surface area (Å²) >= 11 is 3.31. The predicted molar refractivity (Wildman–Crippen MR) is 64.3 cm³/mol. The molecule has 0 atom stereocenters. The van der Waals surface area contributed by atoms with Gasteiger partial charge in [0.2, 0.25) is 0 Å². The van der Waals surface area contributed by atoms with Crippen LogP contribution in [0.5, 0.6) is 0 Å². The third-order valence-electron chi connectivity index (χ3n) is 1.14. The minimum Gasteiger partial charge on any atom is -1.00 e. The van der Waals surface area contributed by atoms with Crippen molar-refractivity contribution < 1.29 is 7.59 Å². The monoisotopic (exact) mass is 256 g/mol. The third-order valence-corrected chi connectivity index (χ3v) is 1.67. The average Bonchev–Trinajstić information content (AvgIpc) is 2.08. The Hall–Kier alpha value is 0.426. The number of rotatable bonds is 2. The van der Waals surface area contributed by atoms with Crippen molar-refractivity contribution in [3.63, 3.8) is 0 Å². The number of hydrogen-bond donors (Lipinski definition) is 0. The minimum absolute atomic E-state index is 0. The normalized spacial score (nSPS) is 7.92. The Bertz CT molecular complexity index is 186. The Morgan fingerprint density at radius 3 is 1.77 bits per heavy atom. The molecule has 0 aromatic heterocycles. The van der Waals surface area contributed by atoms with Gasteiger partial charge in [-0.2, -0.15) is 0 Å². The fourth-order valence-corrected chi connectivity index (χ4v) is 0.924. The van der Waals surface area contributed by atoms with Crippen LogP contribution in [0, 0.1) is 0 Å². The summed E-state index contributed by atoms with van der Waals surface area (Å²) in [6, 6.07) is 9.97. The molecule has 0 unspecified atom stereocenters. The summed E-state index contributed by atoms with van der Waals surface area (Å²) in [6.45, 7) is 5.67. The molecule has 1 rings (SSSR count). The molecule has 13 heavy (non-hydrogen) atoms. The fraction of sp³-hybridized carbons (Fsp3) is 0.400. The zero-order chi connectivity index (χ0) is 9.23. The maximum Gasteiger partial charge on any atom is 2.00 e. The van der Waals surface area contributed by atoms with E-state index >= 15 is 0 Å². The van der Waals surface area contributed by atoms with Gasteiger partial charge < -0.3 is 7.59 Å². The number of hydrogen-bond acceptors (Lipinski definition) is 1. The molecule has 1 aromatic carbocycles. The van der Waals surface area contributed by atoms with Crippen molar-refractivity contribution in [2.45, 2.75) is 13.8 Å². The van der Waals surface area contributed by atoms with Crippen molar-refractivity contribution in [2.75, 3.05) is 13.2 Å². The Labute approximate surface area is 108 Å². The van der Waals surface area contributed by atoms with Crippen molar-refractivity contribution in [3.8, 4) is 0 Å². The summed E-state index contributed by atoms with van der Waals surface area (Å²) in [6.07, 6.45) is 0. The molecule has 0 aliphatic rings. The van der Waals surface area contributed by atoms with Crippen molar-refractivity contribution in [1.29, 1.82) is 0 Å². The average molecular weight is 257 g/mol. The predicted octanol–water partition coefficient (Wildman–Crippen LogP) is 3.34. The summed E-state index contributed by atoms with van der Waals surface area (Å²) in [5, 5.41) is 0. The molecular weight excluding hydrogens is 240 g/mol. The number of halogens is 1. The van der Waals surface area contributed by atoms with E-state index in [-0.39, 0.29) is 25.9 Å². The van der Waals surface area contributed by atoms with E-state index in [9.17, 15) is 0 Å². The van der Waals surface area contributed by atoms with Crippen LogP contribution >= 0.6 is 15.9 Å². The van der Waals surface area contributed by atoms with Crippen LogP contribution < -0.4 is 0 Å². The van der Waals surface area contributed by atoms with Gasteiger partial charge in [-0.3, -0.25) is 0 Å². The van der Waals surface area contributed by atoms with Crippen LogP contribution in [0.3, 0.4) is 0 Å². The molecule has 1 nitrogen and oxygen atoms in total. The van der Waals surface area contributed by atoms with Gasteiger partial charge in [-0.1, -0.05) is 34.1 Å². The second-order valence-corrected chi connectivity index (χ2v) is 2.99. The molecule has 0 aliphatic heterocycles. The van der Waals surface area contributed by atoms with Crippen molar-refractivity contribution >= 4 is 39.0 Å². The third kappa shape index (κ3) is 12.4. The summed E-state index contributed by atoms with van der Waals surface area (Å²) in [5.41, 5.74) is 0. The Morgan fingerprint density at radius 2 is 1.62 bits per heavy atom. The van der Waals surface area contributed by atoms with Gasteiger partial charge in [-0.25, -0.2) is 0 Å². The van der Waals surface area contributed by atoms with Gasteiger partial charge in [0, 0.05) is 17.7 Å². The Kier molecular flexibility index (Phi) is 15.2. The first-order chi connectivity index (χ1) is 5.81. The zero-order valence-electron chi connectivity index (χ0n) is 10.3. The molecule has 0 aliphatic carbocycles. The quantitative estimate of drug-likeness (QED) is 0.738. The molecule has 0 N–H and O–H groups in total. The topological polar surface area (TPSA) is 9.23 Å². The fourth-order valence-electron chi connectivity index (χ4n) is 0.619. The van der Waals surface area contributed by atoms with Crippen molar-refractivity contribution in [3.05, 3.63) is 34.8 Å². The number of benzene rings is 1. The molecule has 1 aromatic rings. The standard InChI is InChI=1S/C6H5Br.C4H10O.Mg.2H/c7-6-4-2-1-3-5-6;1-3-5-4-2;;;/h1-5H;3-4H2,1-2H3;;;/q;;+2;2*-1.